The lowest BCUT2D eigenvalue weighted by molar-refractivity contribution is -0.167. The summed E-state index contributed by atoms with van der Waals surface area (Å²) < 4.78 is 16.7. The lowest BCUT2D eigenvalue weighted by Gasteiger charge is -2.18. The van der Waals surface area contributed by atoms with Crippen molar-refractivity contribution in [2.24, 2.45) is 0 Å². The van der Waals surface area contributed by atoms with Gasteiger partial charge in [0.2, 0.25) is 0 Å². The fourth-order valence-electron chi connectivity index (χ4n) is 5.82. The maximum absolute atomic E-state index is 12.7. The van der Waals surface area contributed by atoms with Crippen molar-refractivity contribution in [3.63, 3.8) is 0 Å². The molecule has 0 aromatic rings. The molecule has 0 aliphatic rings. The van der Waals surface area contributed by atoms with E-state index >= 15 is 0 Å². The summed E-state index contributed by atoms with van der Waals surface area (Å²) in [6.45, 7) is 6.30. The van der Waals surface area contributed by atoms with Gasteiger partial charge in [0.25, 0.3) is 0 Å². The molecule has 59 heavy (non-hydrogen) atoms. The Balaban J connectivity index is 4.50. The number of ether oxygens (including phenoxy) is 3. The van der Waals surface area contributed by atoms with Gasteiger partial charge in [0.15, 0.2) is 6.10 Å². The Labute approximate surface area is 361 Å². The second-order valence-corrected chi connectivity index (χ2v) is 15.0. The smallest absolute Gasteiger partial charge is 0.306 e. The van der Waals surface area contributed by atoms with E-state index in [2.05, 4.69) is 93.7 Å². The first kappa shape index (κ1) is 55.1. The Morgan fingerprint density at radius 1 is 0.373 bits per heavy atom. The molecule has 0 amide bonds. The molecule has 0 saturated carbocycles. The Morgan fingerprint density at radius 3 is 1.31 bits per heavy atom. The quantitative estimate of drug-likeness (QED) is 0.0201. The fourth-order valence-corrected chi connectivity index (χ4v) is 5.82. The van der Waals surface area contributed by atoms with E-state index in [9.17, 15) is 14.4 Å². The van der Waals surface area contributed by atoms with Crippen molar-refractivity contribution >= 4 is 17.9 Å². The Bertz CT molecular complexity index is 1260. The van der Waals surface area contributed by atoms with E-state index in [1.807, 2.05) is 36.5 Å². The third-order valence-electron chi connectivity index (χ3n) is 9.34. The molecule has 0 aliphatic heterocycles. The van der Waals surface area contributed by atoms with Crippen LogP contribution in [0.15, 0.2) is 109 Å². The summed E-state index contributed by atoms with van der Waals surface area (Å²) >= 11 is 0. The zero-order valence-corrected chi connectivity index (χ0v) is 37.7. The number of carbonyl (C=O) groups excluding carboxylic acids is 3. The molecule has 1 unspecified atom stereocenters. The summed E-state index contributed by atoms with van der Waals surface area (Å²) in [5, 5.41) is 0. The first-order chi connectivity index (χ1) is 29.0. The summed E-state index contributed by atoms with van der Waals surface area (Å²) in [7, 11) is 0. The lowest BCUT2D eigenvalue weighted by atomic mass is 10.1. The molecule has 0 fully saturated rings. The summed E-state index contributed by atoms with van der Waals surface area (Å²) in [6, 6.07) is 0. The van der Waals surface area contributed by atoms with Crippen molar-refractivity contribution < 1.29 is 28.6 Å². The fraction of sp³-hybridized carbons (Fsp3) is 0.604. The van der Waals surface area contributed by atoms with Crippen LogP contribution in [0.5, 0.6) is 0 Å². The van der Waals surface area contributed by atoms with Crippen molar-refractivity contribution in [2.45, 2.75) is 194 Å². The lowest BCUT2D eigenvalue weighted by Crippen LogP contribution is -2.30. The van der Waals surface area contributed by atoms with Crippen LogP contribution in [0, 0.1) is 0 Å². The maximum Gasteiger partial charge on any atom is 0.306 e. The van der Waals surface area contributed by atoms with Crippen LogP contribution in [0.3, 0.4) is 0 Å². The molecule has 0 heterocycles. The van der Waals surface area contributed by atoms with Gasteiger partial charge in [0.1, 0.15) is 13.2 Å². The summed E-state index contributed by atoms with van der Waals surface area (Å²) in [4.78, 5) is 37.8. The Kier molecular flexibility index (Phi) is 43.6. The zero-order valence-electron chi connectivity index (χ0n) is 37.7. The summed E-state index contributed by atoms with van der Waals surface area (Å²) in [6.07, 6.45) is 62.1. The standard InChI is InChI=1S/C53H84O6/c1-4-7-10-13-16-19-22-24-25-26-27-28-29-32-34-37-40-43-46-52(55)58-49-50(48-57-51(54)45-42-39-36-33-30-21-18-15-12-9-6-3)59-53(56)47-44-41-38-35-31-23-20-17-14-11-8-5-2/h8,10-11,13,15-20,22,24-28,31,35,50H,4-7,9,12,14,21,23,29-30,32-34,36-49H2,1-3H3/b11-8-,13-10-,18-15-,19-16-,20-17-,24-22-,26-25-,28-27-,35-31-. The third-order valence-corrected chi connectivity index (χ3v) is 9.34. The topological polar surface area (TPSA) is 78.9 Å². The molecule has 1 atom stereocenters. The van der Waals surface area contributed by atoms with Crippen molar-refractivity contribution in [2.75, 3.05) is 13.2 Å². The van der Waals surface area contributed by atoms with Crippen LogP contribution < -0.4 is 0 Å². The summed E-state index contributed by atoms with van der Waals surface area (Å²) in [5.74, 6) is -0.996. The average Bonchev–Trinajstić information content (AvgIpc) is 3.23. The van der Waals surface area contributed by atoms with E-state index < -0.39 is 6.10 Å². The van der Waals surface area contributed by atoms with Crippen LogP contribution >= 0.6 is 0 Å². The molecule has 6 heteroatoms. The van der Waals surface area contributed by atoms with Crippen molar-refractivity contribution in [3.05, 3.63) is 109 Å². The second-order valence-electron chi connectivity index (χ2n) is 15.0. The third kappa shape index (κ3) is 45.0. The highest BCUT2D eigenvalue weighted by Gasteiger charge is 2.19. The number of unbranched alkanes of at least 4 members (excludes halogenated alkanes) is 15. The van der Waals surface area contributed by atoms with Crippen LogP contribution in [-0.2, 0) is 28.6 Å². The highest BCUT2D eigenvalue weighted by molar-refractivity contribution is 5.71. The van der Waals surface area contributed by atoms with E-state index in [1.54, 1.807) is 0 Å². The van der Waals surface area contributed by atoms with Crippen LogP contribution in [0.1, 0.15) is 188 Å². The Hall–Kier alpha value is -3.93. The summed E-state index contributed by atoms with van der Waals surface area (Å²) in [5.41, 5.74) is 0. The van der Waals surface area contributed by atoms with Crippen LogP contribution in [0.2, 0.25) is 0 Å². The van der Waals surface area contributed by atoms with Gasteiger partial charge in [-0.25, -0.2) is 0 Å². The van der Waals surface area contributed by atoms with E-state index in [0.717, 1.165) is 109 Å². The minimum atomic E-state index is -0.812. The highest BCUT2D eigenvalue weighted by Crippen LogP contribution is 2.12. The van der Waals surface area contributed by atoms with Gasteiger partial charge in [0, 0.05) is 19.3 Å². The van der Waals surface area contributed by atoms with Gasteiger partial charge in [-0.05, 0) is 89.9 Å². The molecule has 0 aromatic carbocycles. The molecular formula is C53H84O6. The normalized spacial score (nSPS) is 13.1. The van der Waals surface area contributed by atoms with E-state index in [1.165, 1.54) is 32.1 Å². The number of hydrogen-bond donors (Lipinski definition) is 0. The monoisotopic (exact) mass is 817 g/mol. The maximum atomic E-state index is 12.7. The van der Waals surface area contributed by atoms with Crippen LogP contribution in [0.25, 0.3) is 0 Å². The highest BCUT2D eigenvalue weighted by atomic mass is 16.6. The largest absolute Gasteiger partial charge is 0.462 e. The van der Waals surface area contributed by atoms with E-state index in [0.29, 0.717) is 19.3 Å². The number of esters is 3. The molecule has 0 aromatic heterocycles. The van der Waals surface area contributed by atoms with Gasteiger partial charge in [0.05, 0.1) is 0 Å². The zero-order chi connectivity index (χ0) is 43.0. The molecular weight excluding hydrogens is 733 g/mol. The average molecular weight is 817 g/mol. The van der Waals surface area contributed by atoms with E-state index in [4.69, 9.17) is 14.2 Å². The molecule has 0 aliphatic carbocycles. The second kappa shape index (κ2) is 46.8. The SMILES string of the molecule is CC/C=C\C/C=C\C/C=C\CCCCC(=O)OC(COC(=O)CCCCCCC\C=C/C=C\C=C/C=C\C=C/CCC)COC(=O)CCCCCCC/C=C\CCCC. The van der Waals surface area contributed by atoms with Gasteiger partial charge in [-0.1, -0.05) is 188 Å². The first-order valence-corrected chi connectivity index (χ1v) is 23.5. The minimum absolute atomic E-state index is 0.109. The molecule has 6 nitrogen and oxygen atoms in total. The molecule has 332 valence electrons. The van der Waals surface area contributed by atoms with Crippen LogP contribution in [-0.4, -0.2) is 37.2 Å². The van der Waals surface area contributed by atoms with Crippen molar-refractivity contribution in [1.82, 2.24) is 0 Å². The van der Waals surface area contributed by atoms with Gasteiger partial charge in [-0.2, -0.15) is 0 Å². The number of carbonyl (C=O) groups is 3. The van der Waals surface area contributed by atoms with Gasteiger partial charge in [-0.3, -0.25) is 14.4 Å². The van der Waals surface area contributed by atoms with Gasteiger partial charge in [-0.15, -0.1) is 0 Å². The predicted octanol–water partition coefficient (Wildman–Crippen LogP) is 15.2. The van der Waals surface area contributed by atoms with Gasteiger partial charge >= 0.3 is 17.9 Å². The number of rotatable bonds is 40. The number of hydrogen-bond acceptors (Lipinski definition) is 6. The first-order valence-electron chi connectivity index (χ1n) is 23.5. The molecule has 0 rings (SSSR count). The van der Waals surface area contributed by atoms with Crippen molar-refractivity contribution in [1.29, 1.82) is 0 Å². The van der Waals surface area contributed by atoms with Gasteiger partial charge < -0.3 is 14.2 Å². The van der Waals surface area contributed by atoms with Crippen molar-refractivity contribution in [3.8, 4) is 0 Å². The predicted molar refractivity (Wildman–Crippen MR) is 251 cm³/mol. The molecule has 0 N–H and O–H groups in total. The molecule has 0 spiro atoms. The Morgan fingerprint density at radius 2 is 0.763 bits per heavy atom. The molecule has 0 radical (unpaired) electrons. The number of allylic oxidation sites excluding steroid dienone is 18. The molecule has 0 bridgehead atoms. The van der Waals surface area contributed by atoms with E-state index in [-0.39, 0.29) is 37.5 Å². The minimum Gasteiger partial charge on any atom is -0.462 e. The molecule has 0 saturated heterocycles. The van der Waals surface area contributed by atoms with Crippen LogP contribution in [0.4, 0.5) is 0 Å².